The number of amidine groups is 1. The molecule has 0 spiro atoms. The highest BCUT2D eigenvalue weighted by atomic mass is 32.2. The van der Waals surface area contributed by atoms with E-state index in [1.165, 1.54) is 22.9 Å². The minimum absolute atomic E-state index is 0.0110. The zero-order valence-corrected chi connectivity index (χ0v) is 19.4. The number of benzene rings is 3. The molecule has 0 atom stereocenters. The Morgan fingerprint density at radius 1 is 0.969 bits per heavy atom. The summed E-state index contributed by atoms with van der Waals surface area (Å²) in [5.74, 6) is 0.791. The Balaban J connectivity index is 1.46. The Bertz CT molecular complexity index is 1170. The number of aliphatic imine (C=N–C) groups is 1. The number of nitrogens with zero attached hydrogens (tertiary/aromatic N) is 2. The molecule has 0 N–H and O–H groups in total. The van der Waals surface area contributed by atoms with Crippen LogP contribution in [0.4, 0.5) is 5.69 Å². The van der Waals surface area contributed by atoms with E-state index in [1.54, 1.807) is 4.90 Å². The maximum absolute atomic E-state index is 12.9. The van der Waals surface area contributed by atoms with E-state index in [9.17, 15) is 4.79 Å². The molecule has 0 bridgehead atoms. The van der Waals surface area contributed by atoms with Gasteiger partial charge in [0.15, 0.2) is 5.17 Å². The lowest BCUT2D eigenvalue weighted by atomic mass is 10.1. The Labute approximate surface area is 193 Å². The molecule has 1 aliphatic rings. The average molecular weight is 443 g/mol. The van der Waals surface area contributed by atoms with Crippen molar-refractivity contribution in [1.82, 2.24) is 4.90 Å². The SMILES string of the molecule is CCN1C(=O)/C(=C\c2ccc(OCc3cccc(C)c3)cc2)SC1=Nc1ccc(C)cc1. The molecule has 1 heterocycles. The highest BCUT2D eigenvalue weighted by Crippen LogP contribution is 2.34. The molecular formula is C27H26N2O2S. The zero-order chi connectivity index (χ0) is 22.5. The smallest absolute Gasteiger partial charge is 0.266 e. The van der Waals surface area contributed by atoms with Gasteiger partial charge in [-0.3, -0.25) is 9.69 Å². The largest absolute Gasteiger partial charge is 0.489 e. The van der Waals surface area contributed by atoms with E-state index in [4.69, 9.17) is 9.73 Å². The number of aryl methyl sites for hydroxylation is 2. The molecule has 0 radical (unpaired) electrons. The first-order chi connectivity index (χ1) is 15.5. The number of ether oxygens (including phenoxy) is 1. The Hall–Kier alpha value is -3.31. The summed E-state index contributed by atoms with van der Waals surface area (Å²) in [4.78, 5) is 20.0. The van der Waals surface area contributed by atoms with Crippen LogP contribution in [0, 0.1) is 13.8 Å². The van der Waals surface area contributed by atoms with Gasteiger partial charge in [-0.1, -0.05) is 59.7 Å². The molecular weight excluding hydrogens is 416 g/mol. The van der Waals surface area contributed by atoms with Crippen molar-refractivity contribution >= 4 is 34.6 Å². The van der Waals surface area contributed by atoms with Gasteiger partial charge in [0, 0.05) is 6.54 Å². The number of carbonyl (C=O) groups excluding carboxylic acids is 1. The number of hydrogen-bond donors (Lipinski definition) is 0. The molecule has 0 unspecified atom stereocenters. The van der Waals surface area contributed by atoms with Crippen LogP contribution in [0.2, 0.25) is 0 Å². The summed E-state index contributed by atoms with van der Waals surface area (Å²) in [5, 5.41) is 0.714. The lowest BCUT2D eigenvalue weighted by molar-refractivity contribution is -0.122. The number of hydrogen-bond acceptors (Lipinski definition) is 4. The predicted octanol–water partition coefficient (Wildman–Crippen LogP) is 6.51. The zero-order valence-electron chi connectivity index (χ0n) is 18.5. The average Bonchev–Trinajstić information content (AvgIpc) is 3.08. The van der Waals surface area contributed by atoms with Crippen LogP contribution >= 0.6 is 11.8 Å². The van der Waals surface area contributed by atoms with Crippen LogP contribution in [0.1, 0.15) is 29.2 Å². The highest BCUT2D eigenvalue weighted by Gasteiger charge is 2.32. The van der Waals surface area contributed by atoms with Gasteiger partial charge in [-0.15, -0.1) is 0 Å². The molecule has 3 aromatic rings. The van der Waals surface area contributed by atoms with Crippen molar-refractivity contribution in [3.05, 3.63) is 100.0 Å². The van der Waals surface area contributed by atoms with Crippen molar-refractivity contribution in [3.8, 4) is 5.75 Å². The van der Waals surface area contributed by atoms with E-state index >= 15 is 0 Å². The van der Waals surface area contributed by atoms with Crippen LogP contribution in [0.3, 0.4) is 0 Å². The monoisotopic (exact) mass is 442 g/mol. The quantitative estimate of drug-likeness (QED) is 0.409. The number of likely N-dealkylation sites (N-methyl/N-ethyl adjacent to an activating group) is 1. The van der Waals surface area contributed by atoms with Crippen molar-refractivity contribution in [3.63, 3.8) is 0 Å². The lowest BCUT2D eigenvalue weighted by Crippen LogP contribution is -2.28. The van der Waals surface area contributed by atoms with Crippen LogP contribution in [0.15, 0.2) is 82.7 Å². The maximum atomic E-state index is 12.9. The molecule has 162 valence electrons. The number of amides is 1. The Morgan fingerprint density at radius 3 is 2.41 bits per heavy atom. The van der Waals surface area contributed by atoms with Gasteiger partial charge in [0.2, 0.25) is 0 Å². The second-order valence-corrected chi connectivity index (χ2v) is 8.75. The fourth-order valence-electron chi connectivity index (χ4n) is 3.38. The van der Waals surface area contributed by atoms with Gasteiger partial charge in [0.25, 0.3) is 5.91 Å². The third-order valence-corrected chi connectivity index (χ3v) is 6.14. The minimum atomic E-state index is -0.0110. The first-order valence-electron chi connectivity index (χ1n) is 10.7. The highest BCUT2D eigenvalue weighted by molar-refractivity contribution is 8.18. The van der Waals surface area contributed by atoms with Gasteiger partial charge in [0.1, 0.15) is 12.4 Å². The van der Waals surface area contributed by atoms with Crippen LogP contribution < -0.4 is 4.74 Å². The Morgan fingerprint density at radius 2 is 1.72 bits per heavy atom. The van der Waals surface area contributed by atoms with E-state index in [0.29, 0.717) is 23.2 Å². The van der Waals surface area contributed by atoms with Crippen molar-refractivity contribution in [1.29, 1.82) is 0 Å². The van der Waals surface area contributed by atoms with E-state index < -0.39 is 0 Å². The molecule has 32 heavy (non-hydrogen) atoms. The number of rotatable bonds is 6. The summed E-state index contributed by atoms with van der Waals surface area (Å²) in [6.45, 7) is 7.19. The van der Waals surface area contributed by atoms with Crippen molar-refractivity contribution in [2.75, 3.05) is 6.54 Å². The fraction of sp³-hybridized carbons (Fsp3) is 0.185. The summed E-state index contributed by atoms with van der Waals surface area (Å²) < 4.78 is 5.90. The predicted molar refractivity (Wildman–Crippen MR) is 133 cm³/mol. The first kappa shape index (κ1) is 21.9. The molecule has 1 saturated heterocycles. The molecule has 3 aromatic carbocycles. The number of thioether (sulfide) groups is 1. The molecule has 1 aliphatic heterocycles. The second-order valence-electron chi connectivity index (χ2n) is 7.74. The molecule has 5 heteroatoms. The van der Waals surface area contributed by atoms with Crippen LogP contribution in [0.5, 0.6) is 5.75 Å². The van der Waals surface area contributed by atoms with Gasteiger partial charge in [-0.05, 0) is 74.0 Å². The third kappa shape index (κ3) is 5.29. The molecule has 0 saturated carbocycles. The van der Waals surface area contributed by atoms with E-state index in [-0.39, 0.29) is 5.91 Å². The van der Waals surface area contributed by atoms with Crippen LogP contribution in [0.25, 0.3) is 6.08 Å². The summed E-state index contributed by atoms with van der Waals surface area (Å²) in [5.41, 5.74) is 5.35. The normalized spacial score (nSPS) is 16.2. The van der Waals surface area contributed by atoms with Gasteiger partial charge >= 0.3 is 0 Å². The molecule has 4 rings (SSSR count). The summed E-state index contributed by atoms with van der Waals surface area (Å²) >= 11 is 1.41. The van der Waals surface area contributed by atoms with Crippen molar-refractivity contribution in [2.24, 2.45) is 4.99 Å². The van der Waals surface area contributed by atoms with Gasteiger partial charge in [-0.2, -0.15) is 0 Å². The summed E-state index contributed by atoms with van der Waals surface area (Å²) in [6.07, 6.45) is 1.91. The number of carbonyl (C=O) groups is 1. The molecule has 4 nitrogen and oxygen atoms in total. The van der Waals surface area contributed by atoms with Crippen LogP contribution in [-0.2, 0) is 11.4 Å². The fourth-order valence-corrected chi connectivity index (χ4v) is 4.44. The second kappa shape index (κ2) is 9.88. The van der Waals surface area contributed by atoms with Crippen molar-refractivity contribution in [2.45, 2.75) is 27.4 Å². The lowest BCUT2D eigenvalue weighted by Gasteiger charge is -2.12. The van der Waals surface area contributed by atoms with E-state index in [0.717, 1.165) is 22.6 Å². The minimum Gasteiger partial charge on any atom is -0.489 e. The topological polar surface area (TPSA) is 41.9 Å². The van der Waals surface area contributed by atoms with E-state index in [1.807, 2.05) is 74.5 Å². The Kier molecular flexibility index (Phi) is 6.76. The standard InChI is InChI=1S/C27H26N2O2S/c1-4-29-26(30)25(32-27(29)28-23-12-8-19(2)9-13-23)17-21-10-14-24(15-11-21)31-18-22-7-5-6-20(3)16-22/h5-17H,4,18H2,1-3H3/b25-17+,28-27?. The van der Waals surface area contributed by atoms with Gasteiger partial charge < -0.3 is 4.74 Å². The van der Waals surface area contributed by atoms with Gasteiger partial charge in [-0.25, -0.2) is 4.99 Å². The summed E-state index contributed by atoms with van der Waals surface area (Å²) in [6, 6.07) is 24.1. The summed E-state index contributed by atoms with van der Waals surface area (Å²) in [7, 11) is 0. The first-order valence-corrected chi connectivity index (χ1v) is 11.5. The van der Waals surface area contributed by atoms with Crippen molar-refractivity contribution < 1.29 is 9.53 Å². The molecule has 0 aromatic heterocycles. The molecule has 1 fully saturated rings. The maximum Gasteiger partial charge on any atom is 0.266 e. The van der Waals surface area contributed by atoms with Gasteiger partial charge in [0.05, 0.1) is 10.6 Å². The molecule has 1 amide bonds. The molecule has 0 aliphatic carbocycles. The van der Waals surface area contributed by atoms with E-state index in [2.05, 4.69) is 25.1 Å². The third-order valence-electron chi connectivity index (χ3n) is 5.13. The van der Waals surface area contributed by atoms with Crippen LogP contribution in [-0.4, -0.2) is 22.5 Å².